The Bertz CT molecular complexity index is 832. The molecule has 24 heavy (non-hydrogen) atoms. The number of hydrogen-bond acceptors (Lipinski definition) is 3. The van der Waals surface area contributed by atoms with E-state index in [-0.39, 0.29) is 6.61 Å². The Labute approximate surface area is 148 Å². The third-order valence-corrected chi connectivity index (χ3v) is 4.37. The zero-order valence-corrected chi connectivity index (χ0v) is 14.7. The molecule has 1 amide bonds. The van der Waals surface area contributed by atoms with E-state index in [0.29, 0.717) is 5.82 Å². The first kappa shape index (κ1) is 16.3. The van der Waals surface area contributed by atoms with Crippen LogP contribution < -0.4 is 5.32 Å². The predicted octanol–water partition coefficient (Wildman–Crippen LogP) is 4.69. The largest absolute Gasteiger partial charge is 0.444 e. The van der Waals surface area contributed by atoms with E-state index >= 15 is 0 Å². The van der Waals surface area contributed by atoms with Crippen LogP contribution in [0.4, 0.5) is 10.6 Å². The highest BCUT2D eigenvalue weighted by molar-refractivity contribution is 9.10. The molecule has 0 saturated heterocycles. The number of anilines is 1. The normalized spacial score (nSPS) is 10.4. The second kappa shape index (κ2) is 7.31. The van der Waals surface area contributed by atoms with E-state index in [1.165, 1.54) is 0 Å². The average Bonchev–Trinajstić information content (AvgIpc) is 2.90. The van der Waals surface area contributed by atoms with Crippen molar-refractivity contribution in [2.45, 2.75) is 13.5 Å². The average molecular weight is 386 g/mol. The number of benzene rings is 2. The number of carbonyl (C=O) groups is 1. The predicted molar refractivity (Wildman–Crippen MR) is 96.3 cm³/mol. The van der Waals surface area contributed by atoms with Crippen molar-refractivity contribution < 1.29 is 9.53 Å². The molecule has 1 heterocycles. The molecule has 122 valence electrons. The van der Waals surface area contributed by atoms with Crippen LogP contribution in [0.2, 0.25) is 0 Å². The lowest BCUT2D eigenvalue weighted by atomic mass is 10.2. The van der Waals surface area contributed by atoms with Gasteiger partial charge in [-0.25, -0.2) is 9.48 Å². The maximum Gasteiger partial charge on any atom is 0.413 e. The van der Waals surface area contributed by atoms with E-state index in [4.69, 9.17) is 4.74 Å². The van der Waals surface area contributed by atoms with Crippen molar-refractivity contribution in [1.82, 2.24) is 9.78 Å². The maximum atomic E-state index is 12.1. The topological polar surface area (TPSA) is 56.2 Å². The lowest BCUT2D eigenvalue weighted by Gasteiger charge is -2.10. The molecule has 0 atom stereocenters. The van der Waals surface area contributed by atoms with E-state index in [1.54, 1.807) is 4.68 Å². The van der Waals surface area contributed by atoms with E-state index in [9.17, 15) is 4.79 Å². The number of para-hydroxylation sites is 1. The van der Waals surface area contributed by atoms with Gasteiger partial charge in [0.15, 0.2) is 5.82 Å². The summed E-state index contributed by atoms with van der Waals surface area (Å²) in [7, 11) is 0. The number of amides is 1. The van der Waals surface area contributed by atoms with Gasteiger partial charge in [-0.1, -0.05) is 48.5 Å². The summed E-state index contributed by atoms with van der Waals surface area (Å²) in [6, 6.07) is 19.1. The van der Waals surface area contributed by atoms with E-state index in [1.807, 2.05) is 67.6 Å². The number of hydrogen-bond donors (Lipinski definition) is 1. The third kappa shape index (κ3) is 3.65. The van der Waals surface area contributed by atoms with Crippen molar-refractivity contribution in [2.24, 2.45) is 0 Å². The Morgan fingerprint density at radius 1 is 1.12 bits per heavy atom. The van der Waals surface area contributed by atoms with Crippen LogP contribution in [-0.4, -0.2) is 15.9 Å². The first-order valence-electron chi connectivity index (χ1n) is 7.43. The molecule has 0 bridgehead atoms. The molecule has 0 fully saturated rings. The Morgan fingerprint density at radius 2 is 1.75 bits per heavy atom. The summed E-state index contributed by atoms with van der Waals surface area (Å²) in [6.07, 6.45) is -0.531. The molecule has 5 nitrogen and oxygen atoms in total. The zero-order valence-electron chi connectivity index (χ0n) is 13.1. The van der Waals surface area contributed by atoms with Crippen LogP contribution in [0.1, 0.15) is 11.3 Å². The summed E-state index contributed by atoms with van der Waals surface area (Å²) in [5, 5.41) is 7.21. The second-order valence-electron chi connectivity index (χ2n) is 5.18. The minimum absolute atomic E-state index is 0.211. The summed E-state index contributed by atoms with van der Waals surface area (Å²) in [6.45, 7) is 2.08. The molecule has 2 aromatic carbocycles. The van der Waals surface area contributed by atoms with Crippen LogP contribution in [-0.2, 0) is 11.3 Å². The van der Waals surface area contributed by atoms with Gasteiger partial charge >= 0.3 is 6.09 Å². The van der Waals surface area contributed by atoms with E-state index in [2.05, 4.69) is 26.3 Å². The fourth-order valence-corrected chi connectivity index (χ4v) is 2.57. The van der Waals surface area contributed by atoms with Gasteiger partial charge in [-0.3, -0.25) is 5.32 Å². The van der Waals surface area contributed by atoms with E-state index in [0.717, 1.165) is 21.4 Å². The molecule has 0 saturated carbocycles. The monoisotopic (exact) mass is 385 g/mol. The summed E-state index contributed by atoms with van der Waals surface area (Å²) in [5.74, 6) is 0.539. The van der Waals surface area contributed by atoms with Gasteiger partial charge in [0, 0.05) is 0 Å². The standard InChI is InChI=1S/C18H16BrN3O2/c1-13-16(19)17(22(21-13)15-10-6-3-7-11-15)20-18(23)24-12-14-8-4-2-5-9-14/h2-11H,12H2,1H3,(H,20,23). The van der Waals surface area contributed by atoms with Crippen molar-refractivity contribution >= 4 is 27.8 Å². The summed E-state index contributed by atoms with van der Waals surface area (Å²) < 4.78 is 7.67. The molecule has 0 aliphatic heterocycles. The Hall–Kier alpha value is -2.60. The zero-order chi connectivity index (χ0) is 16.9. The lowest BCUT2D eigenvalue weighted by Crippen LogP contribution is -2.16. The van der Waals surface area contributed by atoms with Gasteiger partial charge in [0.2, 0.25) is 0 Å². The molecular formula is C18H16BrN3O2. The molecule has 3 rings (SSSR count). The van der Waals surface area contributed by atoms with Gasteiger partial charge in [0.25, 0.3) is 0 Å². The lowest BCUT2D eigenvalue weighted by molar-refractivity contribution is 0.155. The maximum absolute atomic E-state index is 12.1. The molecule has 6 heteroatoms. The fraction of sp³-hybridized carbons (Fsp3) is 0.111. The molecule has 1 N–H and O–H groups in total. The molecule has 0 radical (unpaired) electrons. The molecule has 0 unspecified atom stereocenters. The fourth-order valence-electron chi connectivity index (χ4n) is 2.23. The number of carbonyl (C=O) groups excluding carboxylic acids is 1. The van der Waals surface area contributed by atoms with Gasteiger partial charge < -0.3 is 4.74 Å². The quantitative estimate of drug-likeness (QED) is 0.708. The highest BCUT2D eigenvalue weighted by Crippen LogP contribution is 2.28. The summed E-state index contributed by atoms with van der Waals surface area (Å²) in [5.41, 5.74) is 2.56. The van der Waals surface area contributed by atoms with Crippen LogP contribution in [0, 0.1) is 6.92 Å². The number of nitrogens with zero attached hydrogens (tertiary/aromatic N) is 2. The number of aryl methyl sites for hydroxylation is 1. The second-order valence-corrected chi connectivity index (χ2v) is 5.98. The van der Waals surface area contributed by atoms with Crippen molar-refractivity contribution in [3.63, 3.8) is 0 Å². The Kier molecular flexibility index (Phi) is 4.96. The van der Waals surface area contributed by atoms with Crippen LogP contribution >= 0.6 is 15.9 Å². The minimum Gasteiger partial charge on any atom is -0.444 e. The molecular weight excluding hydrogens is 370 g/mol. The third-order valence-electron chi connectivity index (χ3n) is 3.42. The molecule has 0 aliphatic carbocycles. The van der Waals surface area contributed by atoms with Crippen molar-refractivity contribution in [3.05, 3.63) is 76.4 Å². The highest BCUT2D eigenvalue weighted by atomic mass is 79.9. The van der Waals surface area contributed by atoms with Crippen molar-refractivity contribution in [3.8, 4) is 5.69 Å². The van der Waals surface area contributed by atoms with Crippen molar-refractivity contribution in [1.29, 1.82) is 0 Å². The van der Waals surface area contributed by atoms with Gasteiger partial charge in [-0.05, 0) is 40.5 Å². The first-order valence-corrected chi connectivity index (χ1v) is 8.22. The van der Waals surface area contributed by atoms with Crippen LogP contribution in [0.3, 0.4) is 0 Å². The number of nitrogens with one attached hydrogen (secondary N) is 1. The van der Waals surface area contributed by atoms with Crippen LogP contribution in [0.5, 0.6) is 0 Å². The summed E-state index contributed by atoms with van der Waals surface area (Å²) in [4.78, 5) is 12.1. The minimum atomic E-state index is -0.531. The van der Waals surface area contributed by atoms with Crippen LogP contribution in [0.15, 0.2) is 65.1 Å². The first-order chi connectivity index (χ1) is 11.6. The Balaban J connectivity index is 1.76. The van der Waals surface area contributed by atoms with Gasteiger partial charge in [0.1, 0.15) is 6.61 Å². The van der Waals surface area contributed by atoms with Gasteiger partial charge in [0.05, 0.1) is 15.9 Å². The number of rotatable bonds is 4. The molecule has 0 spiro atoms. The van der Waals surface area contributed by atoms with E-state index < -0.39 is 6.09 Å². The van der Waals surface area contributed by atoms with Gasteiger partial charge in [-0.2, -0.15) is 5.10 Å². The SMILES string of the molecule is Cc1nn(-c2ccccc2)c(NC(=O)OCc2ccccc2)c1Br. The number of aromatic nitrogens is 2. The van der Waals surface area contributed by atoms with Crippen LogP contribution in [0.25, 0.3) is 5.69 Å². The highest BCUT2D eigenvalue weighted by Gasteiger charge is 2.17. The number of ether oxygens (including phenoxy) is 1. The molecule has 3 aromatic rings. The van der Waals surface area contributed by atoms with Crippen molar-refractivity contribution in [2.75, 3.05) is 5.32 Å². The summed E-state index contributed by atoms with van der Waals surface area (Å²) >= 11 is 3.47. The smallest absolute Gasteiger partial charge is 0.413 e. The molecule has 0 aliphatic rings. The molecule has 1 aromatic heterocycles. The number of halogens is 1. The Morgan fingerprint density at radius 3 is 2.42 bits per heavy atom. The van der Waals surface area contributed by atoms with Gasteiger partial charge in [-0.15, -0.1) is 0 Å².